The largest absolute Gasteiger partial charge is 0.360 e. The molecule has 0 saturated carbocycles. The van der Waals surface area contributed by atoms with E-state index in [0.717, 1.165) is 18.4 Å². The third-order valence-electron chi connectivity index (χ3n) is 6.91. The number of benzene rings is 1. The van der Waals surface area contributed by atoms with E-state index in [1.165, 1.54) is 89.9 Å². The SMILES string of the molecule is CCCCCCCCCCCCCCCCCCNC(=O)c1c(-c2ccccc2Cl)noc1C(C)C. The fourth-order valence-corrected chi connectivity index (χ4v) is 4.94. The molecule has 0 bridgehead atoms. The lowest BCUT2D eigenvalue weighted by Crippen LogP contribution is -2.25. The minimum atomic E-state index is -0.129. The van der Waals surface area contributed by atoms with Gasteiger partial charge < -0.3 is 9.84 Å². The van der Waals surface area contributed by atoms with Crippen LogP contribution in [0.1, 0.15) is 146 Å². The van der Waals surface area contributed by atoms with Gasteiger partial charge in [-0.1, -0.05) is 152 Å². The zero-order chi connectivity index (χ0) is 26.0. The first-order valence-electron chi connectivity index (χ1n) is 14.6. The molecule has 0 spiro atoms. The van der Waals surface area contributed by atoms with E-state index in [9.17, 15) is 4.79 Å². The molecule has 0 atom stereocenters. The molecule has 0 radical (unpaired) electrons. The Hall–Kier alpha value is -1.81. The van der Waals surface area contributed by atoms with E-state index in [0.29, 0.717) is 28.6 Å². The van der Waals surface area contributed by atoms with Crippen molar-refractivity contribution in [2.24, 2.45) is 0 Å². The number of nitrogens with one attached hydrogen (secondary N) is 1. The van der Waals surface area contributed by atoms with Gasteiger partial charge in [0.2, 0.25) is 0 Å². The third kappa shape index (κ3) is 11.1. The van der Waals surface area contributed by atoms with Crippen LogP contribution < -0.4 is 5.32 Å². The minimum Gasteiger partial charge on any atom is -0.360 e. The average Bonchev–Trinajstić information content (AvgIpc) is 3.31. The summed E-state index contributed by atoms with van der Waals surface area (Å²) in [6.07, 6.45) is 21.5. The number of aromatic nitrogens is 1. The molecule has 0 saturated heterocycles. The summed E-state index contributed by atoms with van der Waals surface area (Å²) in [4.78, 5) is 13.0. The summed E-state index contributed by atoms with van der Waals surface area (Å²) in [5, 5.41) is 7.84. The molecule has 2 rings (SSSR count). The quantitative estimate of drug-likeness (QED) is 0.178. The van der Waals surface area contributed by atoms with Gasteiger partial charge in [-0.15, -0.1) is 0 Å². The zero-order valence-corrected chi connectivity index (χ0v) is 23.8. The lowest BCUT2D eigenvalue weighted by molar-refractivity contribution is 0.0951. The molecule has 1 amide bonds. The number of unbranched alkanes of at least 4 members (excludes halogenated alkanes) is 15. The molecular formula is C31H49ClN2O2. The molecular weight excluding hydrogens is 468 g/mol. The highest BCUT2D eigenvalue weighted by atomic mass is 35.5. The van der Waals surface area contributed by atoms with Crippen molar-refractivity contribution in [1.82, 2.24) is 10.5 Å². The first kappa shape index (κ1) is 30.4. The predicted molar refractivity (Wildman–Crippen MR) is 153 cm³/mol. The van der Waals surface area contributed by atoms with Crippen molar-refractivity contribution in [1.29, 1.82) is 0 Å². The Morgan fingerprint density at radius 2 is 1.33 bits per heavy atom. The van der Waals surface area contributed by atoms with Crippen LogP contribution in [-0.4, -0.2) is 17.6 Å². The van der Waals surface area contributed by atoms with Crippen LogP contribution in [0.2, 0.25) is 5.02 Å². The maximum absolute atomic E-state index is 13.0. The van der Waals surface area contributed by atoms with Crippen molar-refractivity contribution < 1.29 is 9.32 Å². The van der Waals surface area contributed by atoms with Crippen LogP contribution >= 0.6 is 11.6 Å². The molecule has 202 valence electrons. The van der Waals surface area contributed by atoms with Crippen molar-refractivity contribution in [3.63, 3.8) is 0 Å². The van der Waals surface area contributed by atoms with Crippen LogP contribution in [0, 0.1) is 0 Å². The molecule has 1 aromatic carbocycles. The van der Waals surface area contributed by atoms with Gasteiger partial charge in [0, 0.05) is 18.0 Å². The van der Waals surface area contributed by atoms with E-state index in [4.69, 9.17) is 16.1 Å². The number of carbonyl (C=O) groups is 1. The van der Waals surface area contributed by atoms with Gasteiger partial charge in [0.1, 0.15) is 11.3 Å². The molecule has 0 aliphatic rings. The summed E-state index contributed by atoms with van der Waals surface area (Å²) < 4.78 is 5.56. The van der Waals surface area contributed by atoms with Crippen LogP contribution in [-0.2, 0) is 0 Å². The van der Waals surface area contributed by atoms with E-state index in [-0.39, 0.29) is 11.8 Å². The van der Waals surface area contributed by atoms with Gasteiger partial charge in [0.25, 0.3) is 5.91 Å². The Labute approximate surface area is 224 Å². The lowest BCUT2D eigenvalue weighted by Gasteiger charge is -2.09. The van der Waals surface area contributed by atoms with Gasteiger partial charge >= 0.3 is 0 Å². The van der Waals surface area contributed by atoms with Crippen LogP contribution in [0.25, 0.3) is 11.3 Å². The maximum Gasteiger partial charge on any atom is 0.257 e. The zero-order valence-electron chi connectivity index (χ0n) is 23.0. The van der Waals surface area contributed by atoms with Gasteiger partial charge in [-0.05, 0) is 12.5 Å². The summed E-state index contributed by atoms with van der Waals surface area (Å²) in [5.74, 6) is 0.537. The summed E-state index contributed by atoms with van der Waals surface area (Å²) in [7, 11) is 0. The molecule has 5 heteroatoms. The van der Waals surface area contributed by atoms with Crippen molar-refractivity contribution in [2.45, 2.75) is 129 Å². The normalized spacial score (nSPS) is 11.4. The molecule has 2 aromatic rings. The third-order valence-corrected chi connectivity index (χ3v) is 7.24. The summed E-state index contributed by atoms with van der Waals surface area (Å²) in [5.41, 5.74) is 1.76. The Morgan fingerprint density at radius 3 is 1.83 bits per heavy atom. The van der Waals surface area contributed by atoms with Crippen LogP contribution in [0.3, 0.4) is 0 Å². The summed E-state index contributed by atoms with van der Waals surface area (Å²) in [6.45, 7) is 6.96. The molecule has 1 heterocycles. The number of amides is 1. The maximum atomic E-state index is 13.0. The second-order valence-electron chi connectivity index (χ2n) is 10.5. The summed E-state index contributed by atoms with van der Waals surface area (Å²) in [6, 6.07) is 7.44. The fraction of sp³-hybridized carbons (Fsp3) is 0.677. The molecule has 4 nitrogen and oxygen atoms in total. The number of hydrogen-bond acceptors (Lipinski definition) is 3. The number of carbonyl (C=O) groups excluding carboxylic acids is 1. The van der Waals surface area contributed by atoms with Gasteiger partial charge in [0.15, 0.2) is 5.76 Å². The topological polar surface area (TPSA) is 55.1 Å². The van der Waals surface area contributed by atoms with Crippen molar-refractivity contribution in [2.75, 3.05) is 6.54 Å². The van der Waals surface area contributed by atoms with Crippen LogP contribution in [0.15, 0.2) is 28.8 Å². The first-order chi connectivity index (χ1) is 17.6. The number of halogens is 1. The smallest absolute Gasteiger partial charge is 0.257 e. The number of rotatable bonds is 20. The highest BCUT2D eigenvalue weighted by molar-refractivity contribution is 6.33. The fourth-order valence-electron chi connectivity index (χ4n) is 4.72. The van der Waals surface area contributed by atoms with Crippen molar-refractivity contribution >= 4 is 17.5 Å². The van der Waals surface area contributed by atoms with E-state index in [2.05, 4.69) is 17.4 Å². The average molecular weight is 517 g/mol. The number of hydrogen-bond donors (Lipinski definition) is 1. The second-order valence-corrected chi connectivity index (χ2v) is 10.9. The molecule has 1 aromatic heterocycles. The van der Waals surface area contributed by atoms with Crippen LogP contribution in [0.5, 0.6) is 0 Å². The van der Waals surface area contributed by atoms with E-state index in [1.54, 1.807) is 6.07 Å². The van der Waals surface area contributed by atoms with E-state index >= 15 is 0 Å². The Morgan fingerprint density at radius 1 is 0.833 bits per heavy atom. The van der Waals surface area contributed by atoms with Crippen molar-refractivity contribution in [3.05, 3.63) is 40.6 Å². The molecule has 0 aliphatic carbocycles. The highest BCUT2D eigenvalue weighted by Gasteiger charge is 2.26. The Balaban J connectivity index is 1.56. The van der Waals surface area contributed by atoms with Gasteiger partial charge in [-0.25, -0.2) is 0 Å². The Bertz CT molecular complexity index is 862. The molecule has 36 heavy (non-hydrogen) atoms. The molecule has 1 N–H and O–H groups in total. The lowest BCUT2D eigenvalue weighted by atomic mass is 10.00. The van der Waals surface area contributed by atoms with Crippen LogP contribution in [0.4, 0.5) is 0 Å². The Kier molecular flexibility index (Phi) is 15.6. The molecule has 0 unspecified atom stereocenters. The van der Waals surface area contributed by atoms with E-state index < -0.39 is 0 Å². The van der Waals surface area contributed by atoms with E-state index in [1.807, 2.05) is 32.0 Å². The monoisotopic (exact) mass is 516 g/mol. The van der Waals surface area contributed by atoms with Crippen molar-refractivity contribution in [3.8, 4) is 11.3 Å². The van der Waals surface area contributed by atoms with Gasteiger partial charge in [0.05, 0.1) is 5.02 Å². The predicted octanol–water partition coefficient (Wildman–Crippen LogP) is 10.1. The summed E-state index contributed by atoms with van der Waals surface area (Å²) >= 11 is 6.37. The molecule has 0 aliphatic heterocycles. The number of nitrogens with zero attached hydrogens (tertiary/aromatic N) is 1. The first-order valence-corrected chi connectivity index (χ1v) is 15.0. The minimum absolute atomic E-state index is 0.0602. The standard InChI is InChI=1S/C31H49ClN2O2/c1-4-5-6-7-8-9-10-11-12-13-14-15-16-17-18-21-24-33-31(35)28-29(34-36-30(28)25(2)3)26-22-19-20-23-27(26)32/h19-20,22-23,25H,4-18,21,24H2,1-3H3,(H,33,35). The highest BCUT2D eigenvalue weighted by Crippen LogP contribution is 2.33. The second kappa shape index (κ2) is 18.4. The van der Waals surface area contributed by atoms with Gasteiger partial charge in [-0.3, -0.25) is 4.79 Å². The van der Waals surface area contributed by atoms with Gasteiger partial charge in [-0.2, -0.15) is 0 Å². The molecule has 0 fully saturated rings.